The quantitative estimate of drug-likeness (QED) is 0.863. The molecule has 2 aromatic heterocycles. The highest BCUT2D eigenvalue weighted by Gasteiger charge is 2.08. The average Bonchev–Trinajstić information content (AvgIpc) is 2.89. The van der Waals surface area contributed by atoms with Crippen molar-refractivity contribution in [1.82, 2.24) is 0 Å². The molecule has 1 atom stereocenters. The number of aliphatic hydroxyl groups is 1. The SMILES string of the molecule is CCc1ccc(CC(O)Cc2ccsc2)s1. The van der Waals surface area contributed by atoms with Gasteiger partial charge in [-0.25, -0.2) is 0 Å². The molecule has 0 saturated carbocycles. The van der Waals surface area contributed by atoms with Crippen molar-refractivity contribution in [2.75, 3.05) is 0 Å². The zero-order valence-electron chi connectivity index (χ0n) is 9.35. The van der Waals surface area contributed by atoms with Crippen LogP contribution in [0.25, 0.3) is 0 Å². The van der Waals surface area contributed by atoms with Gasteiger partial charge < -0.3 is 5.11 Å². The predicted molar refractivity (Wildman–Crippen MR) is 71.4 cm³/mol. The van der Waals surface area contributed by atoms with E-state index in [2.05, 4.69) is 35.9 Å². The van der Waals surface area contributed by atoms with E-state index in [-0.39, 0.29) is 6.10 Å². The van der Waals surface area contributed by atoms with Crippen molar-refractivity contribution in [3.8, 4) is 0 Å². The molecule has 16 heavy (non-hydrogen) atoms. The second-order valence-corrected chi connectivity index (χ2v) is 5.95. The first-order valence-corrected chi connectivity index (χ1v) is 7.30. The normalized spacial score (nSPS) is 12.9. The van der Waals surface area contributed by atoms with Crippen LogP contribution >= 0.6 is 22.7 Å². The Labute approximate surface area is 104 Å². The Kier molecular flexibility index (Phi) is 4.16. The maximum Gasteiger partial charge on any atom is 0.0629 e. The molecule has 0 radical (unpaired) electrons. The molecule has 1 unspecified atom stereocenters. The molecule has 1 N–H and O–H groups in total. The molecule has 0 aliphatic rings. The first kappa shape index (κ1) is 11.8. The van der Waals surface area contributed by atoms with E-state index in [0.717, 1.165) is 19.3 Å². The largest absolute Gasteiger partial charge is 0.392 e. The summed E-state index contributed by atoms with van der Waals surface area (Å²) in [6.07, 6.45) is 2.38. The van der Waals surface area contributed by atoms with E-state index in [1.165, 1.54) is 15.3 Å². The predicted octanol–water partition coefficient (Wildman–Crippen LogP) is 3.52. The van der Waals surface area contributed by atoms with Crippen LogP contribution in [0.15, 0.2) is 29.0 Å². The van der Waals surface area contributed by atoms with Crippen LogP contribution in [0.3, 0.4) is 0 Å². The van der Waals surface area contributed by atoms with Crippen molar-refractivity contribution in [3.05, 3.63) is 44.3 Å². The summed E-state index contributed by atoms with van der Waals surface area (Å²) in [5.74, 6) is 0. The minimum absolute atomic E-state index is 0.252. The van der Waals surface area contributed by atoms with Crippen molar-refractivity contribution in [3.63, 3.8) is 0 Å². The Balaban J connectivity index is 1.89. The molecular weight excluding hydrogens is 236 g/mol. The Bertz CT molecular complexity index is 417. The third kappa shape index (κ3) is 3.17. The second kappa shape index (κ2) is 5.62. The summed E-state index contributed by atoms with van der Waals surface area (Å²) in [6, 6.07) is 6.39. The lowest BCUT2D eigenvalue weighted by Gasteiger charge is -2.07. The molecule has 0 bridgehead atoms. The van der Waals surface area contributed by atoms with Gasteiger partial charge in [0.05, 0.1) is 6.10 Å². The summed E-state index contributed by atoms with van der Waals surface area (Å²) in [7, 11) is 0. The highest BCUT2D eigenvalue weighted by molar-refractivity contribution is 7.12. The number of rotatable bonds is 5. The first-order valence-electron chi connectivity index (χ1n) is 5.54. The van der Waals surface area contributed by atoms with Gasteiger partial charge in [-0.2, -0.15) is 11.3 Å². The van der Waals surface area contributed by atoms with E-state index in [1.54, 1.807) is 11.3 Å². The van der Waals surface area contributed by atoms with Gasteiger partial charge >= 0.3 is 0 Å². The smallest absolute Gasteiger partial charge is 0.0629 e. The lowest BCUT2D eigenvalue weighted by Crippen LogP contribution is -2.12. The first-order chi connectivity index (χ1) is 7.78. The van der Waals surface area contributed by atoms with Crippen molar-refractivity contribution >= 4 is 22.7 Å². The minimum Gasteiger partial charge on any atom is -0.392 e. The molecule has 0 fully saturated rings. The standard InChI is InChI=1S/C13H16OS2/c1-2-12-3-4-13(16-12)8-11(14)7-10-5-6-15-9-10/h3-6,9,11,14H,2,7-8H2,1H3. The van der Waals surface area contributed by atoms with Crippen LogP contribution in [0.1, 0.15) is 22.2 Å². The molecule has 2 heterocycles. The van der Waals surface area contributed by atoms with Crippen molar-refractivity contribution < 1.29 is 5.11 Å². The van der Waals surface area contributed by atoms with Crippen LogP contribution in [0.4, 0.5) is 0 Å². The maximum absolute atomic E-state index is 9.97. The summed E-state index contributed by atoms with van der Waals surface area (Å²) in [6.45, 7) is 2.16. The number of aryl methyl sites for hydroxylation is 1. The molecular formula is C13H16OS2. The number of hydrogen-bond acceptors (Lipinski definition) is 3. The van der Waals surface area contributed by atoms with Crippen molar-refractivity contribution in [2.45, 2.75) is 32.3 Å². The molecule has 0 aliphatic carbocycles. The summed E-state index contributed by atoms with van der Waals surface area (Å²) < 4.78 is 0. The summed E-state index contributed by atoms with van der Waals surface area (Å²) in [5, 5.41) is 14.1. The lowest BCUT2D eigenvalue weighted by molar-refractivity contribution is 0.176. The van der Waals surface area contributed by atoms with Crippen LogP contribution in [0.5, 0.6) is 0 Å². The van der Waals surface area contributed by atoms with E-state index in [4.69, 9.17) is 0 Å². The van der Waals surface area contributed by atoms with Gasteiger partial charge in [0.1, 0.15) is 0 Å². The fourth-order valence-corrected chi connectivity index (χ4v) is 3.42. The Morgan fingerprint density at radius 2 is 2.00 bits per heavy atom. The Morgan fingerprint density at radius 3 is 2.62 bits per heavy atom. The zero-order chi connectivity index (χ0) is 11.4. The average molecular weight is 252 g/mol. The molecule has 0 aliphatic heterocycles. The van der Waals surface area contributed by atoms with Crippen molar-refractivity contribution in [1.29, 1.82) is 0 Å². The zero-order valence-corrected chi connectivity index (χ0v) is 11.0. The fourth-order valence-electron chi connectivity index (χ4n) is 1.71. The van der Waals surface area contributed by atoms with Gasteiger partial charge in [0.15, 0.2) is 0 Å². The third-order valence-corrected chi connectivity index (χ3v) is 4.54. The number of hydrogen-bond donors (Lipinski definition) is 1. The van der Waals surface area contributed by atoms with E-state index in [9.17, 15) is 5.11 Å². The van der Waals surface area contributed by atoms with Crippen LogP contribution in [-0.4, -0.2) is 11.2 Å². The van der Waals surface area contributed by atoms with E-state index in [0.29, 0.717) is 0 Å². The summed E-state index contributed by atoms with van der Waals surface area (Å²) in [4.78, 5) is 2.69. The molecule has 86 valence electrons. The van der Waals surface area contributed by atoms with Crippen LogP contribution < -0.4 is 0 Å². The van der Waals surface area contributed by atoms with Gasteiger partial charge in [0.25, 0.3) is 0 Å². The van der Waals surface area contributed by atoms with Gasteiger partial charge in [0, 0.05) is 16.2 Å². The Hall–Kier alpha value is -0.640. The van der Waals surface area contributed by atoms with E-state index < -0.39 is 0 Å². The minimum atomic E-state index is -0.252. The third-order valence-electron chi connectivity index (χ3n) is 2.55. The summed E-state index contributed by atoms with van der Waals surface area (Å²) >= 11 is 3.50. The Morgan fingerprint density at radius 1 is 1.19 bits per heavy atom. The fraction of sp³-hybridized carbons (Fsp3) is 0.385. The molecule has 0 saturated heterocycles. The van der Waals surface area contributed by atoms with Crippen LogP contribution in [0.2, 0.25) is 0 Å². The van der Waals surface area contributed by atoms with Gasteiger partial charge in [-0.1, -0.05) is 6.92 Å². The van der Waals surface area contributed by atoms with E-state index in [1.807, 2.05) is 11.3 Å². The van der Waals surface area contributed by atoms with Crippen LogP contribution in [-0.2, 0) is 19.3 Å². The highest BCUT2D eigenvalue weighted by atomic mass is 32.1. The van der Waals surface area contributed by atoms with Crippen LogP contribution in [0, 0.1) is 0 Å². The number of thiophene rings is 2. The number of aliphatic hydroxyl groups excluding tert-OH is 1. The lowest BCUT2D eigenvalue weighted by atomic mass is 10.1. The molecule has 2 rings (SSSR count). The van der Waals surface area contributed by atoms with E-state index >= 15 is 0 Å². The molecule has 2 aromatic rings. The van der Waals surface area contributed by atoms with Gasteiger partial charge in [-0.05, 0) is 47.4 Å². The molecule has 3 heteroatoms. The van der Waals surface area contributed by atoms with Gasteiger partial charge in [0.2, 0.25) is 0 Å². The molecule has 1 nitrogen and oxygen atoms in total. The summed E-state index contributed by atoms with van der Waals surface area (Å²) in [5.41, 5.74) is 1.24. The molecule has 0 aromatic carbocycles. The van der Waals surface area contributed by atoms with Crippen molar-refractivity contribution in [2.24, 2.45) is 0 Å². The topological polar surface area (TPSA) is 20.2 Å². The second-order valence-electron chi connectivity index (χ2n) is 3.92. The highest BCUT2D eigenvalue weighted by Crippen LogP contribution is 2.20. The maximum atomic E-state index is 9.97. The molecule has 0 spiro atoms. The monoisotopic (exact) mass is 252 g/mol. The molecule has 0 amide bonds. The van der Waals surface area contributed by atoms with Gasteiger partial charge in [-0.15, -0.1) is 11.3 Å². The van der Waals surface area contributed by atoms with Gasteiger partial charge in [-0.3, -0.25) is 0 Å².